The second-order valence-corrected chi connectivity index (χ2v) is 5.07. The molecule has 1 aromatic carbocycles. The van der Waals surface area contributed by atoms with Crippen molar-refractivity contribution in [3.63, 3.8) is 0 Å². The number of nitrogens with two attached hydrogens (primary N) is 1. The minimum Gasteiger partial charge on any atom is -0.494 e. The van der Waals surface area contributed by atoms with Crippen molar-refractivity contribution in [1.82, 2.24) is 10.1 Å². The lowest BCUT2D eigenvalue weighted by Gasteiger charge is -2.16. The highest BCUT2D eigenvalue weighted by molar-refractivity contribution is 5.55. The lowest BCUT2D eigenvalue weighted by molar-refractivity contribution is 0.317. The maximum atomic E-state index is 6.11. The number of rotatable bonds is 6. The molecule has 2 rings (SSSR count). The first kappa shape index (κ1) is 14.5. The summed E-state index contributed by atoms with van der Waals surface area (Å²) in [5.74, 6) is 1.79. The van der Waals surface area contributed by atoms with Gasteiger partial charge in [0.25, 0.3) is 5.89 Å². The van der Waals surface area contributed by atoms with E-state index >= 15 is 0 Å². The lowest BCUT2D eigenvalue weighted by Crippen LogP contribution is -2.33. The van der Waals surface area contributed by atoms with Crippen molar-refractivity contribution in [2.24, 2.45) is 5.73 Å². The van der Waals surface area contributed by atoms with Crippen LogP contribution in [-0.2, 0) is 5.54 Å². The van der Waals surface area contributed by atoms with Gasteiger partial charge in [0.05, 0.1) is 12.1 Å². The van der Waals surface area contributed by atoms with Crippen molar-refractivity contribution >= 4 is 0 Å². The van der Waals surface area contributed by atoms with E-state index in [0.717, 1.165) is 24.2 Å². The molecule has 0 spiro atoms. The van der Waals surface area contributed by atoms with Crippen molar-refractivity contribution < 1.29 is 9.26 Å². The van der Waals surface area contributed by atoms with Gasteiger partial charge in [0, 0.05) is 5.56 Å². The van der Waals surface area contributed by atoms with Crippen LogP contribution in [0.25, 0.3) is 11.5 Å². The van der Waals surface area contributed by atoms with E-state index in [0.29, 0.717) is 18.3 Å². The Labute approximate surface area is 119 Å². The molecule has 1 heterocycles. The molecule has 2 aromatic rings. The van der Waals surface area contributed by atoms with E-state index in [2.05, 4.69) is 17.1 Å². The smallest absolute Gasteiger partial charge is 0.258 e. The molecule has 0 saturated carbocycles. The topological polar surface area (TPSA) is 74.2 Å². The first-order chi connectivity index (χ1) is 9.56. The summed E-state index contributed by atoms with van der Waals surface area (Å²) in [5, 5.41) is 3.97. The van der Waals surface area contributed by atoms with Crippen molar-refractivity contribution in [1.29, 1.82) is 0 Å². The molecule has 0 fully saturated rings. The molecular formula is C15H21N3O2. The molecule has 20 heavy (non-hydrogen) atoms. The van der Waals surface area contributed by atoms with Crippen LogP contribution in [0.5, 0.6) is 5.75 Å². The molecule has 0 radical (unpaired) electrons. The van der Waals surface area contributed by atoms with E-state index < -0.39 is 5.54 Å². The van der Waals surface area contributed by atoms with Gasteiger partial charge < -0.3 is 15.0 Å². The highest BCUT2D eigenvalue weighted by atomic mass is 16.5. The number of benzene rings is 1. The number of hydrogen-bond acceptors (Lipinski definition) is 5. The van der Waals surface area contributed by atoms with Crippen molar-refractivity contribution in [3.05, 3.63) is 30.1 Å². The van der Waals surface area contributed by atoms with E-state index in [-0.39, 0.29) is 0 Å². The van der Waals surface area contributed by atoms with Crippen molar-refractivity contribution in [3.8, 4) is 17.2 Å². The monoisotopic (exact) mass is 275 g/mol. The molecule has 2 N–H and O–H groups in total. The predicted molar refractivity (Wildman–Crippen MR) is 77.4 cm³/mol. The fourth-order valence-electron chi connectivity index (χ4n) is 1.67. The molecule has 0 bridgehead atoms. The predicted octanol–water partition coefficient (Wildman–Crippen LogP) is 3.11. The van der Waals surface area contributed by atoms with Crippen LogP contribution in [0.4, 0.5) is 0 Å². The molecule has 1 aromatic heterocycles. The summed E-state index contributed by atoms with van der Waals surface area (Å²) in [5.41, 5.74) is 6.38. The molecule has 5 nitrogen and oxygen atoms in total. The summed E-state index contributed by atoms with van der Waals surface area (Å²) >= 11 is 0. The molecule has 0 aliphatic heterocycles. The normalized spacial score (nSPS) is 14.0. The van der Waals surface area contributed by atoms with Gasteiger partial charge in [-0.1, -0.05) is 25.1 Å². The van der Waals surface area contributed by atoms with E-state index in [9.17, 15) is 0 Å². The zero-order valence-corrected chi connectivity index (χ0v) is 12.2. The number of nitrogens with zero attached hydrogens (tertiary/aromatic N) is 2. The molecule has 0 aliphatic carbocycles. The second-order valence-electron chi connectivity index (χ2n) is 5.07. The number of hydrogen-bond donors (Lipinski definition) is 1. The standard InChI is InChI=1S/C15H21N3O2/c1-4-9-19-12-8-6-7-11(10-12)13-17-14(18-20-13)15(3,16)5-2/h6-8,10H,4-5,9,16H2,1-3H3. The van der Waals surface area contributed by atoms with Crippen LogP contribution >= 0.6 is 0 Å². The largest absolute Gasteiger partial charge is 0.494 e. The zero-order chi connectivity index (χ0) is 14.6. The summed E-state index contributed by atoms with van der Waals surface area (Å²) in [6.45, 7) is 6.65. The Morgan fingerprint density at radius 1 is 1.35 bits per heavy atom. The molecule has 0 amide bonds. The minimum atomic E-state index is -0.571. The van der Waals surface area contributed by atoms with E-state index in [1.165, 1.54) is 0 Å². The molecule has 1 unspecified atom stereocenters. The third-order valence-corrected chi connectivity index (χ3v) is 3.23. The maximum absolute atomic E-state index is 6.11. The Kier molecular flexibility index (Phi) is 4.39. The van der Waals surface area contributed by atoms with Gasteiger partial charge in [-0.05, 0) is 38.0 Å². The van der Waals surface area contributed by atoms with Crippen LogP contribution in [0.3, 0.4) is 0 Å². The molecule has 1 atom stereocenters. The second kappa shape index (κ2) is 6.05. The third kappa shape index (κ3) is 3.17. The SMILES string of the molecule is CCCOc1cccc(-c2nc(C(C)(N)CC)no2)c1. The van der Waals surface area contributed by atoms with E-state index in [4.69, 9.17) is 15.0 Å². The highest BCUT2D eigenvalue weighted by Crippen LogP contribution is 2.25. The summed E-state index contributed by atoms with van der Waals surface area (Å²) in [4.78, 5) is 4.39. The van der Waals surface area contributed by atoms with Gasteiger partial charge in [0.1, 0.15) is 5.75 Å². The fourth-order valence-corrected chi connectivity index (χ4v) is 1.67. The maximum Gasteiger partial charge on any atom is 0.258 e. The van der Waals surface area contributed by atoms with Gasteiger partial charge in [-0.2, -0.15) is 4.98 Å². The molecule has 108 valence electrons. The number of aromatic nitrogens is 2. The molecule has 0 aliphatic rings. The Morgan fingerprint density at radius 3 is 2.85 bits per heavy atom. The minimum absolute atomic E-state index is 0.465. The van der Waals surface area contributed by atoms with Crippen molar-refractivity contribution in [2.45, 2.75) is 39.2 Å². The summed E-state index contributed by atoms with van der Waals surface area (Å²) in [6, 6.07) is 7.63. The molecule has 0 saturated heterocycles. The van der Waals surface area contributed by atoms with Gasteiger partial charge in [-0.25, -0.2) is 0 Å². The Bertz CT molecular complexity index is 564. The first-order valence-electron chi connectivity index (χ1n) is 6.93. The lowest BCUT2D eigenvalue weighted by atomic mass is 10.00. The van der Waals surface area contributed by atoms with Crippen LogP contribution in [0.2, 0.25) is 0 Å². The van der Waals surface area contributed by atoms with Crippen LogP contribution in [0.1, 0.15) is 39.4 Å². The molecular weight excluding hydrogens is 254 g/mol. The first-order valence-corrected chi connectivity index (χ1v) is 6.93. The van der Waals surface area contributed by atoms with Gasteiger partial charge in [0.2, 0.25) is 0 Å². The average molecular weight is 275 g/mol. The molecule has 5 heteroatoms. The van der Waals surface area contributed by atoms with Crippen molar-refractivity contribution in [2.75, 3.05) is 6.61 Å². The fraction of sp³-hybridized carbons (Fsp3) is 0.467. The average Bonchev–Trinajstić information content (AvgIpc) is 2.96. The van der Waals surface area contributed by atoms with Crippen LogP contribution in [0.15, 0.2) is 28.8 Å². The van der Waals surface area contributed by atoms with Crippen LogP contribution in [-0.4, -0.2) is 16.7 Å². The Balaban J connectivity index is 2.24. The zero-order valence-electron chi connectivity index (χ0n) is 12.2. The Hall–Kier alpha value is -1.88. The third-order valence-electron chi connectivity index (χ3n) is 3.23. The van der Waals surface area contributed by atoms with Gasteiger partial charge in [-0.15, -0.1) is 0 Å². The van der Waals surface area contributed by atoms with Gasteiger partial charge in [-0.3, -0.25) is 0 Å². The van der Waals surface area contributed by atoms with Crippen LogP contribution in [0, 0.1) is 0 Å². The van der Waals surface area contributed by atoms with Crippen LogP contribution < -0.4 is 10.5 Å². The Morgan fingerprint density at radius 2 is 2.15 bits per heavy atom. The summed E-state index contributed by atoms with van der Waals surface area (Å²) in [7, 11) is 0. The van der Waals surface area contributed by atoms with E-state index in [1.807, 2.05) is 38.1 Å². The number of ether oxygens (including phenoxy) is 1. The van der Waals surface area contributed by atoms with Gasteiger partial charge >= 0.3 is 0 Å². The van der Waals surface area contributed by atoms with E-state index in [1.54, 1.807) is 0 Å². The highest BCUT2D eigenvalue weighted by Gasteiger charge is 2.25. The quantitative estimate of drug-likeness (QED) is 0.876. The van der Waals surface area contributed by atoms with Gasteiger partial charge in [0.15, 0.2) is 5.82 Å². The summed E-state index contributed by atoms with van der Waals surface area (Å²) in [6.07, 6.45) is 1.71. The summed E-state index contributed by atoms with van der Waals surface area (Å²) < 4.78 is 10.9.